The first-order valence-electron chi connectivity index (χ1n) is 3.82. The second-order valence-corrected chi connectivity index (χ2v) is 3.11. The van der Waals surface area contributed by atoms with E-state index in [9.17, 15) is 0 Å². The number of hydrogen-bond donors (Lipinski definition) is 1. The average Bonchev–Trinajstić information content (AvgIpc) is 2.15. The molecule has 4 nitrogen and oxygen atoms in total. The highest BCUT2D eigenvalue weighted by atomic mass is 79.9. The summed E-state index contributed by atoms with van der Waals surface area (Å²) in [5.41, 5.74) is 2.68. The standard InChI is InChI=1S/C8H11BrN2O2/c1-12-11-4-5-13-8-6-10-3-2-7(8)9/h2-3,6,11H,4-5H2,1H3. The molecule has 0 spiro atoms. The Kier molecular flexibility index (Phi) is 4.74. The third-order valence-corrected chi connectivity index (χ3v) is 2.00. The maximum atomic E-state index is 5.39. The maximum absolute atomic E-state index is 5.39. The first kappa shape index (κ1) is 10.4. The van der Waals surface area contributed by atoms with Gasteiger partial charge in [0.2, 0.25) is 0 Å². The number of pyridine rings is 1. The quantitative estimate of drug-likeness (QED) is 0.630. The molecule has 1 aromatic rings. The van der Waals surface area contributed by atoms with Crippen LogP contribution >= 0.6 is 15.9 Å². The number of ether oxygens (including phenoxy) is 1. The van der Waals surface area contributed by atoms with Crippen LogP contribution in [-0.4, -0.2) is 25.2 Å². The van der Waals surface area contributed by atoms with E-state index in [-0.39, 0.29) is 0 Å². The van der Waals surface area contributed by atoms with Crippen LogP contribution in [0.4, 0.5) is 0 Å². The molecule has 72 valence electrons. The first-order valence-corrected chi connectivity index (χ1v) is 4.62. The highest BCUT2D eigenvalue weighted by molar-refractivity contribution is 9.10. The normalized spacial score (nSPS) is 10.0. The number of rotatable bonds is 5. The Balaban J connectivity index is 2.32. The second kappa shape index (κ2) is 5.90. The fourth-order valence-corrected chi connectivity index (χ4v) is 1.11. The maximum Gasteiger partial charge on any atom is 0.151 e. The van der Waals surface area contributed by atoms with Crippen LogP contribution in [0.25, 0.3) is 0 Å². The zero-order chi connectivity index (χ0) is 9.52. The smallest absolute Gasteiger partial charge is 0.151 e. The molecule has 13 heavy (non-hydrogen) atoms. The van der Waals surface area contributed by atoms with Crippen LogP contribution in [0, 0.1) is 0 Å². The Morgan fingerprint density at radius 3 is 3.15 bits per heavy atom. The molecule has 1 heterocycles. The molecule has 0 amide bonds. The van der Waals surface area contributed by atoms with Crippen molar-refractivity contribution in [1.82, 2.24) is 10.5 Å². The van der Waals surface area contributed by atoms with Crippen LogP contribution in [0.15, 0.2) is 22.9 Å². The monoisotopic (exact) mass is 246 g/mol. The molecular formula is C8H11BrN2O2. The Labute approximate surface area is 85.3 Å². The summed E-state index contributed by atoms with van der Waals surface area (Å²) in [7, 11) is 1.57. The molecule has 0 atom stereocenters. The summed E-state index contributed by atoms with van der Waals surface area (Å²) in [5, 5.41) is 0. The van der Waals surface area contributed by atoms with Crippen molar-refractivity contribution in [1.29, 1.82) is 0 Å². The van der Waals surface area contributed by atoms with Gasteiger partial charge in [0.15, 0.2) is 5.75 Å². The van der Waals surface area contributed by atoms with Crippen molar-refractivity contribution in [3.05, 3.63) is 22.9 Å². The zero-order valence-corrected chi connectivity index (χ0v) is 8.87. The number of hydroxylamine groups is 1. The molecule has 0 aliphatic heterocycles. The molecule has 0 saturated carbocycles. The summed E-state index contributed by atoms with van der Waals surface area (Å²) in [5.74, 6) is 0.736. The SMILES string of the molecule is CONCCOc1cnccc1Br. The summed E-state index contributed by atoms with van der Waals surface area (Å²) in [6, 6.07) is 1.83. The van der Waals surface area contributed by atoms with Gasteiger partial charge >= 0.3 is 0 Å². The van der Waals surface area contributed by atoms with Crippen LogP contribution in [0.3, 0.4) is 0 Å². The lowest BCUT2D eigenvalue weighted by Gasteiger charge is -2.06. The van der Waals surface area contributed by atoms with Crippen LogP contribution < -0.4 is 10.2 Å². The predicted molar refractivity (Wildman–Crippen MR) is 52.4 cm³/mol. The highest BCUT2D eigenvalue weighted by Gasteiger charge is 1.98. The van der Waals surface area contributed by atoms with Crippen LogP contribution in [-0.2, 0) is 4.84 Å². The third-order valence-electron chi connectivity index (χ3n) is 1.34. The largest absolute Gasteiger partial charge is 0.489 e. The Morgan fingerprint density at radius 2 is 2.46 bits per heavy atom. The van der Waals surface area contributed by atoms with Gasteiger partial charge in [-0.05, 0) is 22.0 Å². The fraction of sp³-hybridized carbons (Fsp3) is 0.375. The highest BCUT2D eigenvalue weighted by Crippen LogP contribution is 2.21. The molecule has 1 N–H and O–H groups in total. The molecule has 1 aromatic heterocycles. The first-order chi connectivity index (χ1) is 6.34. The van der Waals surface area contributed by atoms with Crippen molar-refractivity contribution in [2.75, 3.05) is 20.3 Å². The van der Waals surface area contributed by atoms with E-state index in [0.29, 0.717) is 13.2 Å². The number of aromatic nitrogens is 1. The van der Waals surface area contributed by atoms with E-state index < -0.39 is 0 Å². The lowest BCUT2D eigenvalue weighted by Crippen LogP contribution is -2.19. The van der Waals surface area contributed by atoms with Crippen LogP contribution in [0.2, 0.25) is 0 Å². The van der Waals surface area contributed by atoms with E-state index >= 15 is 0 Å². The Bertz CT molecular complexity index is 258. The van der Waals surface area contributed by atoms with E-state index in [1.807, 2.05) is 6.07 Å². The molecule has 0 saturated heterocycles. The predicted octanol–water partition coefficient (Wildman–Crippen LogP) is 1.37. The summed E-state index contributed by atoms with van der Waals surface area (Å²) in [4.78, 5) is 8.59. The van der Waals surface area contributed by atoms with Crippen molar-refractivity contribution < 1.29 is 9.57 Å². The van der Waals surface area contributed by atoms with Crippen molar-refractivity contribution >= 4 is 15.9 Å². The van der Waals surface area contributed by atoms with Gasteiger partial charge in [-0.15, -0.1) is 0 Å². The van der Waals surface area contributed by atoms with E-state index in [1.165, 1.54) is 0 Å². The van der Waals surface area contributed by atoms with E-state index in [2.05, 4.69) is 31.2 Å². The Hall–Kier alpha value is -0.650. The lowest BCUT2D eigenvalue weighted by molar-refractivity contribution is 0.0806. The van der Waals surface area contributed by atoms with Crippen molar-refractivity contribution in [2.24, 2.45) is 0 Å². The van der Waals surface area contributed by atoms with E-state index in [0.717, 1.165) is 10.2 Å². The second-order valence-electron chi connectivity index (χ2n) is 2.25. The third kappa shape index (κ3) is 3.71. The minimum atomic E-state index is 0.540. The van der Waals surface area contributed by atoms with Crippen LogP contribution in [0.1, 0.15) is 0 Å². The van der Waals surface area contributed by atoms with Gasteiger partial charge in [-0.3, -0.25) is 4.98 Å². The number of nitrogens with zero attached hydrogens (tertiary/aromatic N) is 1. The van der Waals surface area contributed by atoms with Gasteiger partial charge in [0, 0.05) is 6.20 Å². The zero-order valence-electron chi connectivity index (χ0n) is 7.29. The summed E-state index contributed by atoms with van der Waals surface area (Å²) < 4.78 is 6.29. The van der Waals surface area contributed by atoms with Gasteiger partial charge in [-0.1, -0.05) is 0 Å². The number of nitrogens with one attached hydrogen (secondary N) is 1. The van der Waals surface area contributed by atoms with E-state index in [4.69, 9.17) is 4.74 Å². The number of hydrogen-bond acceptors (Lipinski definition) is 4. The molecular weight excluding hydrogens is 236 g/mol. The molecule has 0 aromatic carbocycles. The Morgan fingerprint density at radius 1 is 1.62 bits per heavy atom. The minimum absolute atomic E-state index is 0.540. The summed E-state index contributed by atoms with van der Waals surface area (Å²) in [6.45, 7) is 1.18. The summed E-state index contributed by atoms with van der Waals surface area (Å²) in [6.07, 6.45) is 3.36. The molecule has 1 rings (SSSR count). The van der Waals surface area contributed by atoms with Gasteiger partial charge < -0.3 is 9.57 Å². The topological polar surface area (TPSA) is 43.4 Å². The molecule has 0 aliphatic rings. The lowest BCUT2D eigenvalue weighted by atomic mass is 10.5. The summed E-state index contributed by atoms with van der Waals surface area (Å²) >= 11 is 3.35. The molecule has 0 bridgehead atoms. The van der Waals surface area contributed by atoms with Gasteiger partial charge in [-0.2, -0.15) is 5.48 Å². The number of halogens is 1. The average molecular weight is 247 g/mol. The van der Waals surface area contributed by atoms with Crippen molar-refractivity contribution in [3.63, 3.8) is 0 Å². The molecule has 5 heteroatoms. The van der Waals surface area contributed by atoms with Crippen molar-refractivity contribution in [3.8, 4) is 5.75 Å². The van der Waals surface area contributed by atoms with Crippen molar-refractivity contribution in [2.45, 2.75) is 0 Å². The molecule has 0 radical (unpaired) electrons. The van der Waals surface area contributed by atoms with Gasteiger partial charge in [0.25, 0.3) is 0 Å². The molecule has 0 fully saturated rings. The van der Waals surface area contributed by atoms with E-state index in [1.54, 1.807) is 19.5 Å². The van der Waals surface area contributed by atoms with Crippen LogP contribution in [0.5, 0.6) is 5.75 Å². The molecule has 0 aliphatic carbocycles. The molecule has 0 unspecified atom stereocenters. The van der Waals surface area contributed by atoms with Gasteiger partial charge in [-0.25, -0.2) is 0 Å². The van der Waals surface area contributed by atoms with Gasteiger partial charge in [0.1, 0.15) is 6.61 Å². The van der Waals surface area contributed by atoms with Gasteiger partial charge in [0.05, 0.1) is 24.3 Å². The minimum Gasteiger partial charge on any atom is -0.489 e. The fourth-order valence-electron chi connectivity index (χ4n) is 0.774.